The number of rotatable bonds is 3. The van der Waals surface area contributed by atoms with Gasteiger partial charge in [-0.15, -0.1) is 12.6 Å². The van der Waals surface area contributed by atoms with Gasteiger partial charge >= 0.3 is 5.97 Å². The van der Waals surface area contributed by atoms with Crippen molar-refractivity contribution in [2.75, 3.05) is 6.61 Å². The van der Waals surface area contributed by atoms with Crippen LogP contribution in [-0.2, 0) is 4.74 Å². The molecule has 0 atom stereocenters. The lowest BCUT2D eigenvalue weighted by molar-refractivity contribution is 0.0525. The standard InChI is InChI=1S/C15H17NO3S/c1-5-19-15(18)11-12-9(3)6-8(2)7-16(12)13(10(4)17)14(11)20/h6-7,20H,5H2,1-4H3. The predicted molar refractivity (Wildman–Crippen MR) is 80.1 cm³/mol. The van der Waals surface area contributed by atoms with Crippen molar-refractivity contribution in [1.29, 1.82) is 0 Å². The fourth-order valence-corrected chi connectivity index (χ4v) is 2.94. The quantitative estimate of drug-likeness (QED) is 0.536. The van der Waals surface area contributed by atoms with Gasteiger partial charge in [-0.1, -0.05) is 6.07 Å². The lowest BCUT2D eigenvalue weighted by Crippen LogP contribution is -2.05. The molecule has 0 saturated carbocycles. The fourth-order valence-electron chi connectivity index (χ4n) is 2.48. The van der Waals surface area contributed by atoms with Crippen molar-refractivity contribution in [3.05, 3.63) is 34.6 Å². The lowest BCUT2D eigenvalue weighted by Gasteiger charge is -2.06. The van der Waals surface area contributed by atoms with E-state index in [1.165, 1.54) is 6.92 Å². The van der Waals surface area contributed by atoms with Gasteiger partial charge in [0.1, 0.15) is 5.69 Å². The Morgan fingerprint density at radius 3 is 2.55 bits per heavy atom. The summed E-state index contributed by atoms with van der Waals surface area (Å²) in [5.74, 6) is -0.583. The van der Waals surface area contributed by atoms with Crippen LogP contribution in [0.5, 0.6) is 0 Å². The topological polar surface area (TPSA) is 47.8 Å². The van der Waals surface area contributed by atoms with Crippen LogP contribution in [0, 0.1) is 13.8 Å². The highest BCUT2D eigenvalue weighted by Gasteiger charge is 2.25. The third kappa shape index (κ3) is 2.22. The van der Waals surface area contributed by atoms with Crippen molar-refractivity contribution < 1.29 is 14.3 Å². The Morgan fingerprint density at radius 2 is 2.00 bits per heavy atom. The third-order valence-corrected chi connectivity index (χ3v) is 3.58. The van der Waals surface area contributed by atoms with Crippen LogP contribution in [0.15, 0.2) is 17.2 Å². The van der Waals surface area contributed by atoms with Gasteiger partial charge in [-0.3, -0.25) is 4.79 Å². The molecule has 2 aromatic rings. The molecule has 2 rings (SSSR count). The zero-order valence-corrected chi connectivity index (χ0v) is 12.9. The number of ether oxygens (including phenoxy) is 1. The molecule has 0 aliphatic carbocycles. The van der Waals surface area contributed by atoms with Crippen LogP contribution < -0.4 is 0 Å². The van der Waals surface area contributed by atoms with Gasteiger partial charge in [0.05, 0.1) is 17.7 Å². The minimum Gasteiger partial charge on any atom is -0.462 e. The number of hydrogen-bond donors (Lipinski definition) is 1. The van der Waals surface area contributed by atoms with Crippen molar-refractivity contribution in [3.8, 4) is 0 Å². The van der Waals surface area contributed by atoms with E-state index in [1.807, 2.05) is 26.1 Å². The molecular formula is C15H17NO3S. The maximum absolute atomic E-state index is 12.2. The first-order chi connectivity index (χ1) is 9.38. The van der Waals surface area contributed by atoms with Gasteiger partial charge < -0.3 is 9.14 Å². The zero-order valence-electron chi connectivity index (χ0n) is 12.0. The maximum atomic E-state index is 12.2. The van der Waals surface area contributed by atoms with Crippen LogP contribution in [0.2, 0.25) is 0 Å². The van der Waals surface area contributed by atoms with E-state index in [1.54, 1.807) is 11.3 Å². The second-order valence-corrected chi connectivity index (χ2v) is 5.22. The average molecular weight is 291 g/mol. The van der Waals surface area contributed by atoms with E-state index in [0.717, 1.165) is 11.1 Å². The molecule has 0 unspecified atom stereocenters. The number of ketones is 1. The highest BCUT2D eigenvalue weighted by atomic mass is 32.1. The summed E-state index contributed by atoms with van der Waals surface area (Å²) >= 11 is 4.38. The molecule has 0 saturated heterocycles. The van der Waals surface area contributed by atoms with Gasteiger partial charge in [-0.05, 0) is 31.9 Å². The average Bonchev–Trinajstić information content (AvgIpc) is 2.61. The second-order valence-electron chi connectivity index (χ2n) is 4.77. The SMILES string of the molecule is CCOC(=O)c1c(S)c(C(C)=O)n2cc(C)cc(C)c12. The number of carbonyl (C=O) groups is 2. The number of hydrogen-bond acceptors (Lipinski definition) is 4. The van der Waals surface area contributed by atoms with Gasteiger partial charge in [-0.25, -0.2) is 4.79 Å². The van der Waals surface area contributed by atoms with E-state index in [2.05, 4.69) is 12.6 Å². The van der Waals surface area contributed by atoms with E-state index in [4.69, 9.17) is 4.74 Å². The molecule has 0 aromatic carbocycles. The normalized spacial score (nSPS) is 10.8. The Kier molecular flexibility index (Phi) is 3.90. The van der Waals surface area contributed by atoms with Gasteiger partial charge in [0.15, 0.2) is 5.78 Å². The Bertz CT molecular complexity index is 716. The van der Waals surface area contributed by atoms with Gasteiger partial charge in [0, 0.05) is 18.0 Å². The predicted octanol–water partition coefficient (Wildman–Crippen LogP) is 3.22. The molecule has 0 aliphatic rings. The highest BCUT2D eigenvalue weighted by molar-refractivity contribution is 7.80. The van der Waals surface area contributed by atoms with Crippen molar-refractivity contribution >= 4 is 29.9 Å². The summed E-state index contributed by atoms with van der Waals surface area (Å²) in [6.07, 6.45) is 1.83. The first-order valence-electron chi connectivity index (χ1n) is 6.40. The van der Waals surface area contributed by atoms with E-state index in [-0.39, 0.29) is 12.4 Å². The summed E-state index contributed by atoms with van der Waals surface area (Å²) in [4.78, 5) is 24.4. The van der Waals surface area contributed by atoms with Crippen LogP contribution in [0.25, 0.3) is 5.52 Å². The lowest BCUT2D eigenvalue weighted by atomic mass is 10.1. The van der Waals surface area contributed by atoms with Crippen molar-refractivity contribution in [2.24, 2.45) is 0 Å². The van der Waals surface area contributed by atoms with Crippen LogP contribution in [-0.4, -0.2) is 22.8 Å². The summed E-state index contributed by atoms with van der Waals surface area (Å²) in [7, 11) is 0. The van der Waals surface area contributed by atoms with Gasteiger partial charge in [0.25, 0.3) is 0 Å². The van der Waals surface area contributed by atoms with E-state index in [9.17, 15) is 9.59 Å². The minimum atomic E-state index is -0.450. The maximum Gasteiger partial charge on any atom is 0.341 e. The summed E-state index contributed by atoms with van der Waals surface area (Å²) in [6, 6.07) is 1.97. The van der Waals surface area contributed by atoms with Crippen LogP contribution in [0.1, 0.15) is 45.8 Å². The third-order valence-electron chi connectivity index (χ3n) is 3.14. The number of carbonyl (C=O) groups excluding carboxylic acids is 2. The number of pyridine rings is 1. The fraction of sp³-hybridized carbons (Fsp3) is 0.333. The number of esters is 1. The van der Waals surface area contributed by atoms with Crippen LogP contribution >= 0.6 is 12.6 Å². The molecule has 5 heteroatoms. The Hall–Kier alpha value is -1.75. The Morgan fingerprint density at radius 1 is 1.35 bits per heavy atom. The molecule has 4 nitrogen and oxygen atoms in total. The molecule has 0 amide bonds. The molecule has 0 radical (unpaired) electrons. The number of nitrogens with zero attached hydrogens (tertiary/aromatic N) is 1. The second kappa shape index (κ2) is 5.32. The monoisotopic (exact) mass is 291 g/mol. The van der Waals surface area contributed by atoms with Gasteiger partial charge in [-0.2, -0.15) is 0 Å². The highest BCUT2D eigenvalue weighted by Crippen LogP contribution is 2.31. The summed E-state index contributed by atoms with van der Waals surface area (Å²) in [5, 5.41) is 0. The molecule has 0 fully saturated rings. The molecule has 106 valence electrons. The minimum absolute atomic E-state index is 0.134. The molecule has 2 aromatic heterocycles. The van der Waals surface area contributed by atoms with Gasteiger partial charge in [0.2, 0.25) is 0 Å². The number of aromatic nitrogens is 1. The molecule has 0 spiro atoms. The smallest absolute Gasteiger partial charge is 0.341 e. The van der Waals surface area contributed by atoms with E-state index >= 15 is 0 Å². The van der Waals surface area contributed by atoms with Crippen LogP contribution in [0.3, 0.4) is 0 Å². The molecule has 0 bridgehead atoms. The molecule has 0 N–H and O–H groups in total. The first-order valence-corrected chi connectivity index (χ1v) is 6.85. The van der Waals surface area contributed by atoms with Crippen molar-refractivity contribution in [1.82, 2.24) is 4.40 Å². The summed E-state index contributed by atoms with van der Waals surface area (Å²) in [6.45, 7) is 7.34. The van der Waals surface area contributed by atoms with Crippen molar-refractivity contribution in [2.45, 2.75) is 32.6 Å². The zero-order chi connectivity index (χ0) is 15.0. The Labute approximate surface area is 123 Å². The summed E-state index contributed by atoms with van der Waals surface area (Å²) < 4.78 is 6.82. The number of thiol groups is 1. The van der Waals surface area contributed by atoms with Crippen LogP contribution in [0.4, 0.5) is 0 Å². The largest absolute Gasteiger partial charge is 0.462 e. The van der Waals surface area contributed by atoms with E-state index in [0.29, 0.717) is 21.7 Å². The number of aryl methyl sites for hydroxylation is 2. The number of fused-ring (bicyclic) bond motifs is 1. The first kappa shape index (κ1) is 14.7. The molecular weight excluding hydrogens is 274 g/mol. The summed E-state index contributed by atoms with van der Waals surface area (Å²) in [5.41, 5.74) is 3.38. The Balaban J connectivity index is 2.91. The molecule has 2 heterocycles. The van der Waals surface area contributed by atoms with Crippen molar-refractivity contribution in [3.63, 3.8) is 0 Å². The van der Waals surface area contributed by atoms with E-state index < -0.39 is 5.97 Å². The molecule has 0 aliphatic heterocycles. The number of Topliss-reactive ketones (excluding diaryl/α,β-unsaturated/α-hetero) is 1. The molecule has 20 heavy (non-hydrogen) atoms.